The van der Waals surface area contributed by atoms with Gasteiger partial charge in [-0.15, -0.1) is 0 Å². The number of carbonyl (C=O) groups excluding carboxylic acids is 1. The van der Waals surface area contributed by atoms with Crippen molar-refractivity contribution in [3.8, 4) is 0 Å². The van der Waals surface area contributed by atoms with Crippen molar-refractivity contribution < 1.29 is 27.8 Å². The van der Waals surface area contributed by atoms with Gasteiger partial charge in [0.25, 0.3) is 0 Å². The second-order valence-electron chi connectivity index (χ2n) is 5.86. The van der Waals surface area contributed by atoms with Crippen LogP contribution >= 0.6 is 22.6 Å². The Bertz CT molecular complexity index is 727. The van der Waals surface area contributed by atoms with Gasteiger partial charge in [-0.3, -0.25) is 0 Å². The summed E-state index contributed by atoms with van der Waals surface area (Å²) < 4.78 is 43.3. The average molecular weight is 474 g/mol. The quantitative estimate of drug-likeness (QED) is 0.358. The highest BCUT2D eigenvalue weighted by molar-refractivity contribution is 14.1. The minimum Gasteiger partial charge on any atom is -0.449 e. The van der Waals surface area contributed by atoms with E-state index < -0.39 is 28.2 Å². The van der Waals surface area contributed by atoms with Crippen molar-refractivity contribution in [2.75, 3.05) is 6.61 Å². The number of rotatable bonds is 6. The Labute approximate surface area is 163 Å². The van der Waals surface area contributed by atoms with Gasteiger partial charge in [-0.05, 0) is 40.3 Å². The highest BCUT2D eigenvalue weighted by atomic mass is 127. The van der Waals surface area contributed by atoms with E-state index >= 15 is 0 Å². The van der Waals surface area contributed by atoms with E-state index in [0.29, 0.717) is 0 Å². The van der Waals surface area contributed by atoms with Crippen molar-refractivity contribution in [3.05, 3.63) is 71.8 Å². The van der Waals surface area contributed by atoms with Crippen LogP contribution in [0.3, 0.4) is 0 Å². The molecule has 0 aromatic heterocycles. The predicted molar refractivity (Wildman–Crippen MR) is 99.4 cm³/mol. The number of benzene rings is 2. The number of carbonyl (C=O) groups is 1. The summed E-state index contributed by atoms with van der Waals surface area (Å²) in [6, 6.07) is 17.4. The van der Waals surface area contributed by atoms with Gasteiger partial charge < -0.3 is 14.2 Å². The van der Waals surface area contributed by atoms with Gasteiger partial charge in [0.1, 0.15) is 6.10 Å². The van der Waals surface area contributed by atoms with Gasteiger partial charge in [-0.1, -0.05) is 48.5 Å². The first kappa shape index (κ1) is 19.2. The van der Waals surface area contributed by atoms with Crippen molar-refractivity contribution in [2.45, 2.75) is 28.8 Å². The van der Waals surface area contributed by atoms with E-state index in [2.05, 4.69) is 0 Å². The van der Waals surface area contributed by atoms with Gasteiger partial charge in [0.2, 0.25) is 0 Å². The number of esters is 1. The van der Waals surface area contributed by atoms with Crippen LogP contribution in [0, 0.1) is 0 Å². The molecule has 1 unspecified atom stereocenters. The van der Waals surface area contributed by atoms with Crippen LogP contribution < -0.4 is 0 Å². The molecule has 4 nitrogen and oxygen atoms in total. The maximum atomic E-state index is 14.4. The molecule has 1 aliphatic heterocycles. The summed E-state index contributed by atoms with van der Waals surface area (Å²) in [7, 11) is 0. The third-order valence-electron chi connectivity index (χ3n) is 3.95. The summed E-state index contributed by atoms with van der Waals surface area (Å²) in [5.41, 5.74) is 1.13. The highest BCUT2D eigenvalue weighted by Crippen LogP contribution is 2.41. The molecule has 1 heterocycles. The Hall–Kier alpha value is -1.58. The zero-order valence-electron chi connectivity index (χ0n) is 13.7. The molecule has 3 atom stereocenters. The second-order valence-corrected chi connectivity index (χ2v) is 6.99. The molecule has 0 saturated carbocycles. The van der Waals surface area contributed by atoms with Gasteiger partial charge in [0.15, 0.2) is 10.2 Å². The number of alkyl halides is 3. The van der Waals surface area contributed by atoms with E-state index in [1.165, 1.54) is 34.7 Å². The van der Waals surface area contributed by atoms with Crippen LogP contribution in [0.2, 0.25) is 0 Å². The lowest BCUT2D eigenvalue weighted by Crippen LogP contribution is -2.43. The lowest BCUT2D eigenvalue weighted by molar-refractivity contribution is -0.0994. The summed E-state index contributed by atoms with van der Waals surface area (Å²) in [4.78, 5) is 12.2. The lowest BCUT2D eigenvalue weighted by Gasteiger charge is -2.23. The first-order valence-corrected chi connectivity index (χ1v) is 9.28. The van der Waals surface area contributed by atoms with Crippen LogP contribution in [-0.2, 0) is 20.8 Å². The fraction of sp³-hybridized carbons (Fsp3) is 0.316. The number of halogens is 3. The number of hydrogen-bond acceptors (Lipinski definition) is 4. The fourth-order valence-corrected chi connectivity index (χ4v) is 3.33. The fourth-order valence-electron chi connectivity index (χ4n) is 2.60. The molecule has 1 saturated heterocycles. The Morgan fingerprint density at radius 2 is 1.69 bits per heavy atom. The van der Waals surface area contributed by atoms with Gasteiger partial charge in [-0.25, -0.2) is 4.79 Å². The normalized spacial score (nSPS) is 24.3. The summed E-state index contributed by atoms with van der Waals surface area (Å²) in [6.07, 6.45) is -2.74. The van der Waals surface area contributed by atoms with Crippen molar-refractivity contribution >= 4 is 28.6 Å². The molecule has 1 fully saturated rings. The molecule has 0 radical (unpaired) electrons. The topological polar surface area (TPSA) is 44.8 Å². The van der Waals surface area contributed by atoms with Crippen molar-refractivity contribution in [3.63, 3.8) is 0 Å². The Kier molecular flexibility index (Phi) is 6.20. The van der Waals surface area contributed by atoms with Crippen molar-refractivity contribution in [2.24, 2.45) is 0 Å². The Balaban J connectivity index is 1.64. The molecule has 26 heavy (non-hydrogen) atoms. The van der Waals surface area contributed by atoms with Crippen LogP contribution in [0.15, 0.2) is 60.7 Å². The van der Waals surface area contributed by atoms with E-state index in [9.17, 15) is 13.6 Å². The summed E-state index contributed by atoms with van der Waals surface area (Å²) in [5, 5.41) is 0. The van der Waals surface area contributed by atoms with Crippen LogP contribution in [0.1, 0.15) is 15.9 Å². The standard InChI is InChI=1S/C19H17F2IO4/c20-19(21)16(26-17(23)14-9-5-2-6-10-14)15(25-18(19)22)12-24-11-13-7-3-1-4-8-13/h1-10,15-16,18H,11-12H2/t15-,16-,18?/m1/s1. The van der Waals surface area contributed by atoms with Crippen molar-refractivity contribution in [1.82, 2.24) is 0 Å². The van der Waals surface area contributed by atoms with Crippen LogP contribution in [-0.4, -0.2) is 34.8 Å². The molecule has 0 N–H and O–H groups in total. The monoisotopic (exact) mass is 474 g/mol. The van der Waals surface area contributed by atoms with Gasteiger partial charge in [0, 0.05) is 0 Å². The maximum Gasteiger partial charge on any atom is 0.338 e. The summed E-state index contributed by atoms with van der Waals surface area (Å²) >= 11 is 1.51. The van der Waals surface area contributed by atoms with E-state index in [1.54, 1.807) is 18.2 Å². The molecular weight excluding hydrogens is 457 g/mol. The van der Waals surface area contributed by atoms with Crippen molar-refractivity contribution in [1.29, 1.82) is 0 Å². The molecule has 0 aliphatic carbocycles. The molecule has 0 spiro atoms. The first-order chi connectivity index (χ1) is 12.5. The van der Waals surface area contributed by atoms with Gasteiger partial charge in [0.05, 0.1) is 18.8 Å². The zero-order valence-corrected chi connectivity index (χ0v) is 15.8. The molecular formula is C19H17F2IO4. The Morgan fingerprint density at radius 1 is 1.08 bits per heavy atom. The predicted octanol–water partition coefficient (Wildman–Crippen LogP) is 4.22. The highest BCUT2D eigenvalue weighted by Gasteiger charge is 2.60. The SMILES string of the molecule is O=C(O[C@@H]1[C@@H](COCc2ccccc2)OC(I)C1(F)F)c1ccccc1. The second kappa shape index (κ2) is 8.41. The molecule has 1 aliphatic rings. The van der Waals surface area contributed by atoms with Crippen LogP contribution in [0.25, 0.3) is 0 Å². The molecule has 3 rings (SSSR count). The molecule has 2 aromatic carbocycles. The van der Waals surface area contributed by atoms with E-state index in [-0.39, 0.29) is 18.8 Å². The number of hydrogen-bond donors (Lipinski definition) is 0. The van der Waals surface area contributed by atoms with Gasteiger partial charge in [-0.2, -0.15) is 8.78 Å². The largest absolute Gasteiger partial charge is 0.449 e. The lowest BCUT2D eigenvalue weighted by atomic mass is 10.1. The minimum absolute atomic E-state index is 0.100. The Morgan fingerprint density at radius 3 is 2.35 bits per heavy atom. The van der Waals surface area contributed by atoms with Gasteiger partial charge >= 0.3 is 11.9 Å². The van der Waals surface area contributed by atoms with E-state index in [4.69, 9.17) is 14.2 Å². The van der Waals surface area contributed by atoms with E-state index in [0.717, 1.165) is 5.56 Å². The van der Waals surface area contributed by atoms with Crippen LogP contribution in [0.5, 0.6) is 0 Å². The third kappa shape index (κ3) is 4.39. The zero-order chi connectivity index (χ0) is 18.6. The molecule has 2 aromatic rings. The molecule has 138 valence electrons. The first-order valence-electron chi connectivity index (χ1n) is 8.03. The van der Waals surface area contributed by atoms with E-state index in [1.807, 2.05) is 30.3 Å². The minimum atomic E-state index is -3.30. The maximum absolute atomic E-state index is 14.4. The molecule has 0 amide bonds. The van der Waals surface area contributed by atoms with Crippen LogP contribution in [0.4, 0.5) is 8.78 Å². The number of ether oxygens (including phenoxy) is 3. The third-order valence-corrected chi connectivity index (χ3v) is 5.08. The summed E-state index contributed by atoms with van der Waals surface area (Å²) in [5.74, 6) is -4.11. The average Bonchev–Trinajstić information content (AvgIpc) is 2.86. The summed E-state index contributed by atoms with van der Waals surface area (Å²) in [6.45, 7) is 0.161. The molecule has 7 heteroatoms. The molecule has 0 bridgehead atoms. The smallest absolute Gasteiger partial charge is 0.338 e.